The first-order valence-electron chi connectivity index (χ1n) is 12.6. The maximum atomic E-state index is 13.2. The molecule has 0 bridgehead atoms. The maximum absolute atomic E-state index is 13.2. The van der Waals surface area contributed by atoms with Gasteiger partial charge in [0.25, 0.3) is 0 Å². The molecule has 36 heavy (non-hydrogen) atoms. The van der Waals surface area contributed by atoms with Gasteiger partial charge in [-0.15, -0.1) is 0 Å². The molecule has 194 valence electrons. The molecule has 2 aliphatic rings. The normalized spacial score (nSPS) is 22.8. The number of amides is 2. The highest BCUT2D eigenvalue weighted by Gasteiger charge is 2.30. The summed E-state index contributed by atoms with van der Waals surface area (Å²) in [6.07, 6.45) is 3.27. The Balaban J connectivity index is 1.29. The number of piperazine rings is 1. The number of aromatic nitrogens is 1. The summed E-state index contributed by atoms with van der Waals surface area (Å²) in [5.41, 5.74) is 3.17. The molecule has 1 aliphatic carbocycles. The molecular formula is C27H35FN4O4. The topological polar surface area (TPSA) is 86.2 Å². The molecule has 2 amide bonds. The highest BCUT2D eigenvalue weighted by atomic mass is 19.1. The zero-order valence-electron chi connectivity index (χ0n) is 21.2. The zero-order valence-corrected chi connectivity index (χ0v) is 21.2. The van der Waals surface area contributed by atoms with E-state index in [4.69, 9.17) is 4.74 Å². The second-order valence-electron chi connectivity index (χ2n) is 9.97. The van der Waals surface area contributed by atoms with Crippen molar-refractivity contribution in [1.29, 1.82) is 0 Å². The minimum absolute atomic E-state index is 0.0149. The number of ether oxygens (including phenoxy) is 1. The SMILES string of the molecule is Cc1cc(N(C)C(=O)[C@H]2CC[C@H](Oc3ccc(F)cn3)CC2)ccc1CN1CCN(C(=O)O)[C@@H](C)C1. The van der Waals surface area contributed by atoms with Crippen LogP contribution in [0, 0.1) is 18.7 Å². The molecule has 0 radical (unpaired) electrons. The van der Waals surface area contributed by atoms with Crippen LogP contribution in [-0.2, 0) is 11.3 Å². The Hall–Kier alpha value is -3.20. The van der Waals surface area contributed by atoms with Crippen LogP contribution in [0.1, 0.15) is 43.7 Å². The van der Waals surface area contributed by atoms with Gasteiger partial charge < -0.3 is 19.6 Å². The predicted molar refractivity (Wildman–Crippen MR) is 135 cm³/mol. The summed E-state index contributed by atoms with van der Waals surface area (Å²) in [6.45, 7) is 6.68. The molecule has 1 atom stereocenters. The van der Waals surface area contributed by atoms with E-state index in [1.807, 2.05) is 20.0 Å². The number of anilines is 1. The van der Waals surface area contributed by atoms with Crippen LogP contribution in [0.4, 0.5) is 14.9 Å². The predicted octanol–water partition coefficient (Wildman–Crippen LogP) is 4.31. The van der Waals surface area contributed by atoms with Gasteiger partial charge in [-0.3, -0.25) is 9.69 Å². The van der Waals surface area contributed by atoms with Gasteiger partial charge >= 0.3 is 6.09 Å². The van der Waals surface area contributed by atoms with E-state index in [1.54, 1.807) is 4.90 Å². The van der Waals surface area contributed by atoms with Crippen LogP contribution in [-0.4, -0.2) is 70.7 Å². The van der Waals surface area contributed by atoms with Gasteiger partial charge in [-0.1, -0.05) is 6.07 Å². The molecule has 1 saturated carbocycles. The zero-order chi connectivity index (χ0) is 25.8. The summed E-state index contributed by atoms with van der Waals surface area (Å²) in [7, 11) is 1.83. The first-order valence-corrected chi connectivity index (χ1v) is 12.6. The van der Waals surface area contributed by atoms with Crippen molar-refractivity contribution in [3.8, 4) is 5.88 Å². The Bertz CT molecular complexity index is 1070. The van der Waals surface area contributed by atoms with E-state index < -0.39 is 11.9 Å². The summed E-state index contributed by atoms with van der Waals surface area (Å²) >= 11 is 0. The van der Waals surface area contributed by atoms with Crippen LogP contribution in [0.3, 0.4) is 0 Å². The first-order chi connectivity index (χ1) is 17.2. The molecule has 0 unspecified atom stereocenters. The highest BCUT2D eigenvalue weighted by molar-refractivity contribution is 5.94. The van der Waals surface area contributed by atoms with Gasteiger partial charge in [-0.05, 0) is 68.9 Å². The van der Waals surface area contributed by atoms with Crippen molar-refractivity contribution < 1.29 is 23.8 Å². The number of pyridine rings is 1. The minimum atomic E-state index is -0.860. The standard InChI is InChI=1S/C27H35FN4O4/c1-18-14-23(8-4-21(18)17-31-12-13-32(27(34)35)19(2)16-31)30(3)26(33)20-5-9-24(10-6-20)36-25-11-7-22(28)15-29-25/h4,7-8,11,14-15,19-20,24H,5-6,9-10,12-13,16-17H2,1-3H3,(H,34,35)/t19-,20-,24-/m0/s1. The van der Waals surface area contributed by atoms with Gasteiger partial charge in [0.15, 0.2) is 0 Å². The van der Waals surface area contributed by atoms with E-state index in [1.165, 1.54) is 22.6 Å². The van der Waals surface area contributed by atoms with Gasteiger partial charge in [-0.2, -0.15) is 0 Å². The van der Waals surface area contributed by atoms with E-state index in [9.17, 15) is 19.1 Å². The summed E-state index contributed by atoms with van der Waals surface area (Å²) in [6, 6.07) is 8.95. The number of hydrogen-bond donors (Lipinski definition) is 1. The number of rotatable bonds is 6. The second-order valence-corrected chi connectivity index (χ2v) is 9.97. The Morgan fingerprint density at radius 1 is 1.17 bits per heavy atom. The lowest BCUT2D eigenvalue weighted by Gasteiger charge is -2.38. The third kappa shape index (κ3) is 6.13. The van der Waals surface area contributed by atoms with Crippen LogP contribution >= 0.6 is 0 Å². The number of carbonyl (C=O) groups excluding carboxylic acids is 1. The molecule has 0 spiro atoms. The summed E-state index contributed by atoms with van der Waals surface area (Å²) in [5, 5.41) is 9.29. The van der Waals surface area contributed by atoms with Gasteiger partial charge in [0.2, 0.25) is 11.8 Å². The Labute approximate surface area is 211 Å². The third-order valence-corrected chi connectivity index (χ3v) is 7.41. The molecule has 2 heterocycles. The van der Waals surface area contributed by atoms with Gasteiger partial charge in [-0.25, -0.2) is 14.2 Å². The number of carboxylic acid groups (broad SMARTS) is 1. The summed E-state index contributed by atoms with van der Waals surface area (Å²) in [4.78, 5) is 34.0. The first kappa shape index (κ1) is 25.9. The van der Waals surface area contributed by atoms with Crippen LogP contribution in [0.5, 0.6) is 5.88 Å². The lowest BCUT2D eigenvalue weighted by atomic mass is 9.86. The smallest absolute Gasteiger partial charge is 0.407 e. The molecule has 1 aromatic heterocycles. The van der Waals surface area contributed by atoms with Crippen molar-refractivity contribution in [3.05, 3.63) is 53.5 Å². The van der Waals surface area contributed by atoms with Crippen LogP contribution in [0.15, 0.2) is 36.5 Å². The number of benzene rings is 1. The number of halogens is 1. The van der Waals surface area contributed by atoms with Crippen LogP contribution < -0.4 is 9.64 Å². The van der Waals surface area contributed by atoms with Crippen molar-refractivity contribution in [2.24, 2.45) is 5.92 Å². The van der Waals surface area contributed by atoms with Crippen molar-refractivity contribution >= 4 is 17.7 Å². The van der Waals surface area contributed by atoms with Crippen molar-refractivity contribution in [2.75, 3.05) is 31.6 Å². The molecule has 1 aliphatic heterocycles. The van der Waals surface area contributed by atoms with E-state index >= 15 is 0 Å². The van der Waals surface area contributed by atoms with Crippen LogP contribution in [0.25, 0.3) is 0 Å². The van der Waals surface area contributed by atoms with E-state index in [-0.39, 0.29) is 24.0 Å². The molecule has 1 N–H and O–H groups in total. The fraction of sp³-hybridized carbons (Fsp3) is 0.519. The molecule has 9 heteroatoms. The Morgan fingerprint density at radius 3 is 2.53 bits per heavy atom. The second kappa shape index (κ2) is 11.2. The highest BCUT2D eigenvalue weighted by Crippen LogP contribution is 2.30. The van der Waals surface area contributed by atoms with Gasteiger partial charge in [0.05, 0.1) is 6.20 Å². The summed E-state index contributed by atoms with van der Waals surface area (Å²) < 4.78 is 18.9. The monoisotopic (exact) mass is 498 g/mol. The molecule has 1 saturated heterocycles. The van der Waals surface area contributed by atoms with Crippen molar-refractivity contribution in [1.82, 2.24) is 14.8 Å². The minimum Gasteiger partial charge on any atom is -0.474 e. The summed E-state index contributed by atoms with van der Waals surface area (Å²) in [5.74, 6) is 0.0790. The third-order valence-electron chi connectivity index (χ3n) is 7.41. The Kier molecular flexibility index (Phi) is 8.08. The fourth-order valence-electron chi connectivity index (χ4n) is 5.20. The van der Waals surface area contributed by atoms with Crippen molar-refractivity contribution in [2.45, 2.75) is 58.2 Å². The van der Waals surface area contributed by atoms with Crippen LogP contribution in [0.2, 0.25) is 0 Å². The molecule has 4 rings (SSSR count). The Morgan fingerprint density at radius 2 is 1.92 bits per heavy atom. The molecule has 1 aromatic carbocycles. The number of carbonyl (C=O) groups is 2. The number of nitrogens with zero attached hydrogens (tertiary/aromatic N) is 4. The molecule has 2 fully saturated rings. The molecule has 2 aromatic rings. The van der Waals surface area contributed by atoms with E-state index in [2.05, 4.69) is 28.9 Å². The lowest BCUT2D eigenvalue weighted by Crippen LogP contribution is -2.53. The quantitative estimate of drug-likeness (QED) is 0.639. The molecule has 8 nitrogen and oxygen atoms in total. The number of hydrogen-bond acceptors (Lipinski definition) is 5. The average Bonchev–Trinajstić information content (AvgIpc) is 2.86. The van der Waals surface area contributed by atoms with E-state index in [0.29, 0.717) is 25.5 Å². The van der Waals surface area contributed by atoms with Gasteiger partial charge in [0, 0.05) is 56.9 Å². The van der Waals surface area contributed by atoms with Crippen molar-refractivity contribution in [3.63, 3.8) is 0 Å². The fourth-order valence-corrected chi connectivity index (χ4v) is 5.20. The van der Waals surface area contributed by atoms with Gasteiger partial charge in [0.1, 0.15) is 11.9 Å². The lowest BCUT2D eigenvalue weighted by molar-refractivity contribution is -0.123. The van der Waals surface area contributed by atoms with E-state index in [0.717, 1.165) is 49.7 Å². The average molecular weight is 499 g/mol. The maximum Gasteiger partial charge on any atom is 0.407 e. The number of aryl methyl sites for hydroxylation is 1. The largest absolute Gasteiger partial charge is 0.474 e. The molecular weight excluding hydrogens is 463 g/mol.